The minimum absolute atomic E-state index is 0.963. The molecule has 1 aromatic rings. The van der Waals surface area contributed by atoms with Crippen LogP contribution in [0.3, 0.4) is 0 Å². The molecule has 0 atom stereocenters. The van der Waals surface area contributed by atoms with Crippen molar-refractivity contribution < 1.29 is 0 Å². The van der Waals surface area contributed by atoms with Crippen LogP contribution in [0, 0.1) is 37.5 Å². The molecule has 0 amide bonds. The largest absolute Gasteiger partial charge is 0.115 e. The molecule has 0 spiro atoms. The molecule has 3 aliphatic carbocycles. The normalized spacial score (nSPS) is 13.0. The minimum atomic E-state index is 0.963. The molecule has 0 saturated carbocycles. The molecule has 0 aliphatic heterocycles. The van der Waals surface area contributed by atoms with E-state index in [-0.39, 0.29) is 0 Å². The van der Waals surface area contributed by atoms with Gasteiger partial charge in [-0.1, -0.05) is 160 Å². The summed E-state index contributed by atoms with van der Waals surface area (Å²) in [7, 11) is 0. The summed E-state index contributed by atoms with van der Waals surface area (Å²) < 4.78 is 0. The summed E-state index contributed by atoms with van der Waals surface area (Å²) in [5.41, 5.74) is 12.1. The number of rotatable bonds is 7. The fourth-order valence-corrected chi connectivity index (χ4v) is 4.78. The summed E-state index contributed by atoms with van der Waals surface area (Å²) in [6.45, 7) is 31.2. The van der Waals surface area contributed by atoms with E-state index >= 15 is 0 Å². The van der Waals surface area contributed by atoms with Gasteiger partial charge in [0.1, 0.15) is 0 Å². The Morgan fingerprint density at radius 2 is 1.23 bits per heavy atom. The number of terminal acetylenes is 2. The maximum absolute atomic E-state index is 5.32. The second kappa shape index (κ2) is 33.7. The van der Waals surface area contributed by atoms with Gasteiger partial charge >= 0.3 is 0 Å². The Hall–Kier alpha value is -3.22. The zero-order chi connectivity index (χ0) is 37.3. The highest BCUT2D eigenvalue weighted by Gasteiger charge is 2.17. The van der Waals surface area contributed by atoms with Crippen molar-refractivity contribution in [2.45, 2.75) is 167 Å². The molecule has 0 heterocycles. The van der Waals surface area contributed by atoms with E-state index in [0.29, 0.717) is 0 Å². The van der Waals surface area contributed by atoms with Crippen molar-refractivity contribution >= 4 is 0 Å². The van der Waals surface area contributed by atoms with Gasteiger partial charge in [0, 0.05) is 11.1 Å². The Balaban J connectivity index is -0.000000523. The van der Waals surface area contributed by atoms with Crippen molar-refractivity contribution in [2.75, 3.05) is 0 Å². The van der Waals surface area contributed by atoms with Crippen LogP contribution in [0.2, 0.25) is 0 Å². The van der Waals surface area contributed by atoms with Gasteiger partial charge in [-0.25, -0.2) is 0 Å². The highest BCUT2D eigenvalue weighted by Crippen LogP contribution is 2.31. The number of aryl methyl sites for hydroxylation is 2. The van der Waals surface area contributed by atoms with Crippen LogP contribution in [0.25, 0.3) is 0 Å². The molecule has 3 aliphatic rings. The molecular formula is C48H76. The average Bonchev–Trinajstić information content (AvgIpc) is 3.87. The maximum atomic E-state index is 5.32. The van der Waals surface area contributed by atoms with E-state index in [1.165, 1.54) is 80.1 Å². The fraction of sp³-hybridized carbons (Fsp3) is 0.542. The summed E-state index contributed by atoms with van der Waals surface area (Å²) in [5.74, 6) is 6.27. The molecule has 0 bridgehead atoms. The molecule has 268 valence electrons. The van der Waals surface area contributed by atoms with Crippen LogP contribution in [0.1, 0.15) is 170 Å². The molecule has 48 heavy (non-hydrogen) atoms. The van der Waals surface area contributed by atoms with Crippen molar-refractivity contribution in [2.24, 2.45) is 5.92 Å². The van der Waals surface area contributed by atoms with E-state index in [2.05, 4.69) is 124 Å². The lowest BCUT2D eigenvalue weighted by atomic mass is 10.0. The molecule has 1 aromatic carbocycles. The summed E-state index contributed by atoms with van der Waals surface area (Å²) in [6.07, 6.45) is 38.1. The number of unbranched alkanes of at least 4 members (excludes halogenated alkanes) is 1. The molecular weight excluding hydrogens is 577 g/mol. The third-order valence-corrected chi connectivity index (χ3v) is 7.89. The van der Waals surface area contributed by atoms with Crippen molar-refractivity contribution in [1.82, 2.24) is 0 Å². The van der Waals surface area contributed by atoms with Gasteiger partial charge in [-0.3, -0.25) is 0 Å². The number of hydrogen-bond acceptors (Lipinski definition) is 0. The third kappa shape index (κ3) is 25.8. The SMILES string of the molecule is C#CC1=CC=C(C)CC=C1C.C#CC1=CCCC=C1C.C=CC.CC.CCCC.CCCC(C)CCC.CCCc1cc2c(cc1C)C2. The summed E-state index contributed by atoms with van der Waals surface area (Å²) in [4.78, 5) is 0. The van der Waals surface area contributed by atoms with Crippen LogP contribution in [0.15, 0.2) is 83.0 Å². The molecule has 0 nitrogen and oxygen atoms in total. The van der Waals surface area contributed by atoms with Gasteiger partial charge in [-0.2, -0.15) is 0 Å². The van der Waals surface area contributed by atoms with E-state index in [9.17, 15) is 0 Å². The topological polar surface area (TPSA) is 0 Å². The van der Waals surface area contributed by atoms with E-state index in [1.54, 1.807) is 22.8 Å². The van der Waals surface area contributed by atoms with Crippen LogP contribution >= 0.6 is 0 Å². The lowest BCUT2D eigenvalue weighted by Crippen LogP contribution is -1.91. The first-order chi connectivity index (χ1) is 23.0. The number of hydrogen-bond donors (Lipinski definition) is 0. The Morgan fingerprint density at radius 1 is 0.729 bits per heavy atom. The first-order valence-electron chi connectivity index (χ1n) is 19.1. The summed E-state index contributed by atoms with van der Waals surface area (Å²) in [5, 5.41) is 0. The lowest BCUT2D eigenvalue weighted by Gasteiger charge is -2.05. The second-order valence-corrected chi connectivity index (χ2v) is 12.6. The van der Waals surface area contributed by atoms with Crippen LogP contribution < -0.4 is 0 Å². The van der Waals surface area contributed by atoms with Gasteiger partial charge in [-0.05, 0) is 112 Å². The van der Waals surface area contributed by atoms with Crippen molar-refractivity contribution in [3.8, 4) is 24.7 Å². The van der Waals surface area contributed by atoms with Gasteiger partial charge in [-0.15, -0.1) is 19.4 Å². The molecule has 4 rings (SSSR count). The first-order valence-corrected chi connectivity index (χ1v) is 19.1. The van der Waals surface area contributed by atoms with Crippen LogP contribution in [0.4, 0.5) is 0 Å². The number of allylic oxidation sites excluding steroid dienone is 11. The zero-order valence-corrected chi connectivity index (χ0v) is 34.0. The number of fused-ring (bicyclic) bond motifs is 1. The van der Waals surface area contributed by atoms with Gasteiger partial charge < -0.3 is 0 Å². The Morgan fingerprint density at radius 3 is 1.67 bits per heavy atom. The van der Waals surface area contributed by atoms with Gasteiger partial charge in [0.05, 0.1) is 0 Å². The van der Waals surface area contributed by atoms with Crippen molar-refractivity contribution in [3.63, 3.8) is 0 Å². The van der Waals surface area contributed by atoms with Crippen LogP contribution in [-0.2, 0) is 12.8 Å². The predicted molar refractivity (Wildman–Crippen MR) is 224 cm³/mol. The number of benzene rings is 1. The molecule has 0 aromatic heterocycles. The highest BCUT2D eigenvalue weighted by atomic mass is 14.2. The molecule has 0 heteroatoms. The van der Waals surface area contributed by atoms with E-state index in [1.807, 2.05) is 26.8 Å². The molecule has 0 saturated heterocycles. The highest BCUT2D eigenvalue weighted by molar-refractivity contribution is 5.50. The average molecular weight is 653 g/mol. The van der Waals surface area contributed by atoms with E-state index in [4.69, 9.17) is 12.8 Å². The smallest absolute Gasteiger partial charge is 0.0268 e. The van der Waals surface area contributed by atoms with Crippen LogP contribution in [-0.4, -0.2) is 0 Å². The molecule has 0 N–H and O–H groups in total. The standard InChI is InChI=1S/C11H14.C11H12.C9H10.C8H18.C4H10.C3H6.C2H6/c1-3-4-9-6-11-7-10(11)5-8(9)2;1-4-11-8-6-9(2)5-7-10(11)3;1-3-9-7-5-4-6-8(9)2;1-4-6-8(3)7-5-2;1-3-4-2;1-3-2;1-2/h5-6H,3-4,7H2,1-2H3;1,6-8H,5H2,2-3H3;1,6-7H,4-5H2,2H3;8H,4-7H2,1-3H3;3-4H2,1-2H3;3H,1H2,2H3;1-2H3. The Labute approximate surface area is 302 Å². The fourth-order valence-electron chi connectivity index (χ4n) is 4.78. The van der Waals surface area contributed by atoms with Gasteiger partial charge in [0.15, 0.2) is 0 Å². The maximum Gasteiger partial charge on any atom is 0.0268 e. The van der Waals surface area contributed by atoms with Crippen molar-refractivity contribution in [3.05, 3.63) is 105 Å². The van der Waals surface area contributed by atoms with E-state index in [0.717, 1.165) is 36.3 Å². The lowest BCUT2D eigenvalue weighted by molar-refractivity contribution is 0.480. The van der Waals surface area contributed by atoms with Gasteiger partial charge in [0.2, 0.25) is 0 Å². The molecule has 0 unspecified atom stereocenters. The zero-order valence-electron chi connectivity index (χ0n) is 34.0. The third-order valence-electron chi connectivity index (χ3n) is 7.89. The Bertz CT molecular complexity index is 1210. The second-order valence-electron chi connectivity index (χ2n) is 12.6. The Kier molecular flexibility index (Phi) is 34.5. The monoisotopic (exact) mass is 653 g/mol. The van der Waals surface area contributed by atoms with Crippen molar-refractivity contribution in [1.29, 1.82) is 0 Å². The van der Waals surface area contributed by atoms with Crippen LogP contribution in [0.5, 0.6) is 0 Å². The molecule has 0 radical (unpaired) electrons. The van der Waals surface area contributed by atoms with E-state index < -0.39 is 0 Å². The summed E-state index contributed by atoms with van der Waals surface area (Å²) >= 11 is 0. The molecule has 0 fully saturated rings. The minimum Gasteiger partial charge on any atom is -0.115 e. The predicted octanol–water partition coefficient (Wildman–Crippen LogP) is 15.2. The summed E-state index contributed by atoms with van der Waals surface area (Å²) in [6, 6.07) is 4.73. The first kappa shape index (κ1) is 49.2. The van der Waals surface area contributed by atoms with Gasteiger partial charge in [0.25, 0.3) is 0 Å². The quantitative estimate of drug-likeness (QED) is 0.206.